The van der Waals surface area contributed by atoms with Gasteiger partial charge in [-0.05, 0) is 67.5 Å². The fourth-order valence-corrected chi connectivity index (χ4v) is 4.46. The molecule has 4 heteroatoms. The van der Waals surface area contributed by atoms with Gasteiger partial charge in [-0.3, -0.25) is 4.79 Å². The van der Waals surface area contributed by atoms with E-state index in [0.717, 1.165) is 61.1 Å². The molecular weight excluding hydrogens is 430 g/mol. The van der Waals surface area contributed by atoms with Crippen molar-refractivity contribution in [2.45, 2.75) is 65.3 Å². The van der Waals surface area contributed by atoms with Gasteiger partial charge in [0.25, 0.3) is 5.91 Å². The van der Waals surface area contributed by atoms with Crippen LogP contribution < -0.4 is 5.32 Å². The number of nitrogens with zero attached hydrogens (tertiary/aromatic N) is 2. The summed E-state index contributed by atoms with van der Waals surface area (Å²) in [7, 11) is 0. The molecule has 0 bridgehead atoms. The molecule has 4 rings (SSSR count). The molecule has 0 fully saturated rings. The molecule has 1 heterocycles. The fourth-order valence-electron chi connectivity index (χ4n) is 4.46. The number of hydrogen-bond acceptors (Lipinski definition) is 2. The lowest BCUT2D eigenvalue weighted by molar-refractivity contribution is 0.0953. The highest BCUT2D eigenvalue weighted by Crippen LogP contribution is 2.22. The van der Waals surface area contributed by atoms with Gasteiger partial charge in [0.15, 0.2) is 0 Å². The maximum absolute atomic E-state index is 12.3. The highest BCUT2D eigenvalue weighted by molar-refractivity contribution is 5.94. The SMILES string of the molecule is CCC(C)c1ccc(Cn2c(CCCCCNC(=O)c3ccc(C)cc3)nc3ccccc32)cc1. The summed E-state index contributed by atoms with van der Waals surface area (Å²) >= 11 is 0. The third-order valence-corrected chi connectivity index (χ3v) is 6.91. The van der Waals surface area contributed by atoms with E-state index >= 15 is 0 Å². The van der Waals surface area contributed by atoms with E-state index in [0.29, 0.717) is 12.5 Å². The van der Waals surface area contributed by atoms with Gasteiger partial charge in [0.1, 0.15) is 5.82 Å². The summed E-state index contributed by atoms with van der Waals surface area (Å²) in [6.07, 6.45) is 5.17. The molecule has 0 aliphatic rings. The third kappa shape index (κ3) is 6.39. The van der Waals surface area contributed by atoms with Crippen LogP contribution in [0.15, 0.2) is 72.8 Å². The molecule has 0 saturated heterocycles. The molecule has 4 nitrogen and oxygen atoms in total. The van der Waals surface area contributed by atoms with Gasteiger partial charge in [0, 0.05) is 25.1 Å². The summed E-state index contributed by atoms with van der Waals surface area (Å²) in [6.45, 7) is 8.08. The van der Waals surface area contributed by atoms with Crippen molar-refractivity contribution in [3.8, 4) is 0 Å². The van der Waals surface area contributed by atoms with Gasteiger partial charge < -0.3 is 9.88 Å². The number of fused-ring (bicyclic) bond motifs is 1. The van der Waals surface area contributed by atoms with Crippen molar-refractivity contribution in [1.82, 2.24) is 14.9 Å². The van der Waals surface area contributed by atoms with Crippen molar-refractivity contribution in [1.29, 1.82) is 0 Å². The maximum atomic E-state index is 12.3. The number of rotatable bonds is 11. The molecule has 35 heavy (non-hydrogen) atoms. The molecule has 1 amide bonds. The lowest BCUT2D eigenvalue weighted by Gasteiger charge is -2.12. The summed E-state index contributed by atoms with van der Waals surface area (Å²) < 4.78 is 2.37. The van der Waals surface area contributed by atoms with Gasteiger partial charge in [-0.25, -0.2) is 4.98 Å². The minimum atomic E-state index is 0.00569. The molecule has 0 aliphatic carbocycles. The Hall–Kier alpha value is -3.40. The van der Waals surface area contributed by atoms with Crippen molar-refractivity contribution in [2.24, 2.45) is 0 Å². The first-order valence-corrected chi connectivity index (χ1v) is 12.9. The number of imidazole rings is 1. The predicted molar refractivity (Wildman–Crippen MR) is 145 cm³/mol. The lowest BCUT2D eigenvalue weighted by atomic mass is 9.97. The van der Waals surface area contributed by atoms with Gasteiger partial charge >= 0.3 is 0 Å². The van der Waals surface area contributed by atoms with Gasteiger partial charge in [0.05, 0.1) is 11.0 Å². The first-order chi connectivity index (χ1) is 17.0. The number of aromatic nitrogens is 2. The van der Waals surface area contributed by atoms with Crippen molar-refractivity contribution in [3.05, 3.63) is 101 Å². The molecule has 1 aromatic heterocycles. The van der Waals surface area contributed by atoms with Crippen LogP contribution in [0, 0.1) is 6.92 Å². The molecular formula is C31H37N3O. The Bertz CT molecular complexity index is 1240. The van der Waals surface area contributed by atoms with Crippen molar-refractivity contribution < 1.29 is 4.79 Å². The van der Waals surface area contributed by atoms with E-state index in [2.05, 4.69) is 72.3 Å². The largest absolute Gasteiger partial charge is 0.352 e. The molecule has 4 aromatic rings. The molecule has 0 radical (unpaired) electrons. The minimum Gasteiger partial charge on any atom is -0.352 e. The fraction of sp³-hybridized carbons (Fsp3) is 0.355. The summed E-state index contributed by atoms with van der Waals surface area (Å²) in [5, 5.41) is 3.04. The molecule has 0 saturated carbocycles. The number of hydrogen-bond donors (Lipinski definition) is 1. The van der Waals surface area contributed by atoms with Crippen LogP contribution >= 0.6 is 0 Å². The summed E-state index contributed by atoms with van der Waals surface area (Å²) in [6, 6.07) is 25.2. The minimum absolute atomic E-state index is 0.00569. The predicted octanol–water partition coefficient (Wildman–Crippen LogP) is 7.05. The molecule has 0 aliphatic heterocycles. The Morgan fingerprint density at radius 3 is 2.43 bits per heavy atom. The average Bonchev–Trinajstić information content (AvgIpc) is 3.23. The van der Waals surface area contributed by atoms with Crippen LogP contribution in [0.3, 0.4) is 0 Å². The van der Waals surface area contributed by atoms with Crippen LogP contribution in [0.1, 0.15) is 78.3 Å². The van der Waals surface area contributed by atoms with E-state index in [1.165, 1.54) is 16.6 Å². The van der Waals surface area contributed by atoms with Gasteiger partial charge in [-0.15, -0.1) is 0 Å². The number of para-hydroxylation sites is 2. The molecule has 3 aromatic carbocycles. The molecule has 1 N–H and O–H groups in total. The van der Waals surface area contributed by atoms with E-state index in [4.69, 9.17) is 4.98 Å². The van der Waals surface area contributed by atoms with Crippen LogP contribution in [0.5, 0.6) is 0 Å². The zero-order valence-corrected chi connectivity index (χ0v) is 21.3. The zero-order chi connectivity index (χ0) is 24.6. The van der Waals surface area contributed by atoms with E-state index in [1.54, 1.807) is 0 Å². The normalized spacial score (nSPS) is 12.1. The van der Waals surface area contributed by atoms with Crippen LogP contribution in [0.2, 0.25) is 0 Å². The number of benzene rings is 3. The number of carbonyl (C=O) groups is 1. The number of carbonyl (C=O) groups excluding carboxylic acids is 1. The zero-order valence-electron chi connectivity index (χ0n) is 21.3. The number of aryl methyl sites for hydroxylation is 2. The monoisotopic (exact) mass is 467 g/mol. The van der Waals surface area contributed by atoms with Gasteiger partial charge in [0.2, 0.25) is 0 Å². The summed E-state index contributed by atoms with van der Waals surface area (Å²) in [5.41, 5.74) is 6.85. The Kier molecular flexibility index (Phi) is 8.36. The van der Waals surface area contributed by atoms with Gasteiger partial charge in [-0.2, -0.15) is 0 Å². The van der Waals surface area contributed by atoms with E-state index in [-0.39, 0.29) is 5.91 Å². The quantitative estimate of drug-likeness (QED) is 0.240. The van der Waals surface area contributed by atoms with E-state index in [9.17, 15) is 4.79 Å². The molecule has 0 spiro atoms. The topological polar surface area (TPSA) is 46.9 Å². The first kappa shape index (κ1) is 24.7. The second-order valence-corrected chi connectivity index (χ2v) is 9.59. The highest BCUT2D eigenvalue weighted by Gasteiger charge is 2.12. The van der Waals surface area contributed by atoms with Crippen molar-refractivity contribution in [3.63, 3.8) is 0 Å². The maximum Gasteiger partial charge on any atom is 0.251 e. The van der Waals surface area contributed by atoms with Crippen molar-refractivity contribution in [2.75, 3.05) is 6.54 Å². The van der Waals surface area contributed by atoms with Crippen LogP contribution in [0.25, 0.3) is 11.0 Å². The molecule has 182 valence electrons. The number of amides is 1. The van der Waals surface area contributed by atoms with Gasteiger partial charge in [-0.1, -0.05) is 74.4 Å². The second kappa shape index (κ2) is 11.8. The number of unbranched alkanes of at least 4 members (excludes halogenated alkanes) is 2. The van der Waals surface area contributed by atoms with Crippen LogP contribution in [-0.4, -0.2) is 22.0 Å². The summed E-state index contributed by atoms with van der Waals surface area (Å²) in [5.74, 6) is 1.74. The molecule has 1 unspecified atom stereocenters. The Labute approximate surface area is 209 Å². The highest BCUT2D eigenvalue weighted by atomic mass is 16.1. The lowest BCUT2D eigenvalue weighted by Crippen LogP contribution is -2.24. The third-order valence-electron chi connectivity index (χ3n) is 6.91. The average molecular weight is 468 g/mol. The van der Waals surface area contributed by atoms with E-state index in [1.807, 2.05) is 31.2 Å². The van der Waals surface area contributed by atoms with Crippen LogP contribution in [-0.2, 0) is 13.0 Å². The first-order valence-electron chi connectivity index (χ1n) is 12.9. The number of nitrogens with one attached hydrogen (secondary N) is 1. The van der Waals surface area contributed by atoms with Crippen molar-refractivity contribution >= 4 is 16.9 Å². The molecule has 1 atom stereocenters. The Balaban J connectivity index is 1.33. The Morgan fingerprint density at radius 1 is 0.943 bits per heavy atom. The van der Waals surface area contributed by atoms with Crippen LogP contribution in [0.4, 0.5) is 0 Å². The van der Waals surface area contributed by atoms with E-state index < -0.39 is 0 Å². The standard InChI is InChI=1S/C31H37N3O/c1-4-24(3)26-19-15-25(16-20-26)22-34-29-11-8-7-10-28(29)33-30(34)12-6-5-9-21-32-31(35)27-17-13-23(2)14-18-27/h7-8,10-11,13-20,24H,4-6,9,12,21-22H2,1-3H3,(H,32,35). The Morgan fingerprint density at radius 2 is 1.69 bits per heavy atom. The smallest absolute Gasteiger partial charge is 0.251 e. The summed E-state index contributed by atoms with van der Waals surface area (Å²) in [4.78, 5) is 17.2. The second-order valence-electron chi connectivity index (χ2n) is 9.59.